The van der Waals surface area contributed by atoms with Crippen LogP contribution in [0, 0.1) is 13.8 Å². The minimum Gasteiger partial charge on any atom is -0.508 e. The number of phenolic OH excluding ortho intramolecular Hbond substituents is 1. The standard InChI is InChI=1S/C19H28N2O2.C2H2O4/c1-12(2)21-13(3)10-17(15(21)5)11-20-14(4)19(23)16-6-8-18(22)9-7-16;3-1(4)2(5)6/h6-10,12,14,19-20,22-23H,11H2,1-5H3;(H,3,4)(H,5,6). The maximum atomic E-state index is 10.4. The number of aliphatic hydroxyl groups is 1. The van der Waals surface area contributed by atoms with Gasteiger partial charge >= 0.3 is 11.9 Å². The molecule has 160 valence electrons. The van der Waals surface area contributed by atoms with Gasteiger partial charge in [0.2, 0.25) is 0 Å². The van der Waals surface area contributed by atoms with E-state index >= 15 is 0 Å². The highest BCUT2D eigenvalue weighted by molar-refractivity contribution is 6.27. The van der Waals surface area contributed by atoms with E-state index in [9.17, 15) is 10.2 Å². The molecule has 2 rings (SSSR count). The van der Waals surface area contributed by atoms with E-state index in [-0.39, 0.29) is 11.8 Å². The number of nitrogens with one attached hydrogen (secondary N) is 1. The van der Waals surface area contributed by atoms with Crippen molar-refractivity contribution in [3.05, 3.63) is 52.8 Å². The molecule has 0 radical (unpaired) electrons. The summed E-state index contributed by atoms with van der Waals surface area (Å²) < 4.78 is 2.33. The van der Waals surface area contributed by atoms with Crippen molar-refractivity contribution < 1.29 is 30.0 Å². The van der Waals surface area contributed by atoms with Crippen LogP contribution >= 0.6 is 0 Å². The Morgan fingerprint density at radius 1 is 1.03 bits per heavy atom. The number of carboxylic acids is 2. The number of aromatic hydroxyl groups is 1. The van der Waals surface area contributed by atoms with Crippen LogP contribution in [0.2, 0.25) is 0 Å². The van der Waals surface area contributed by atoms with E-state index in [2.05, 4.69) is 43.6 Å². The predicted octanol–water partition coefficient (Wildman–Crippen LogP) is 2.76. The molecule has 0 aliphatic carbocycles. The van der Waals surface area contributed by atoms with E-state index in [4.69, 9.17) is 19.8 Å². The Kier molecular flexibility index (Phi) is 8.87. The molecular formula is C21H30N2O6. The topological polar surface area (TPSA) is 132 Å². The first-order chi connectivity index (χ1) is 13.5. The summed E-state index contributed by atoms with van der Waals surface area (Å²) in [6.07, 6.45) is -0.607. The van der Waals surface area contributed by atoms with Gasteiger partial charge in [0.05, 0.1) is 6.10 Å². The van der Waals surface area contributed by atoms with Crippen LogP contribution in [-0.2, 0) is 16.1 Å². The summed E-state index contributed by atoms with van der Waals surface area (Å²) in [6, 6.07) is 9.28. The summed E-state index contributed by atoms with van der Waals surface area (Å²) in [6.45, 7) is 11.3. The first-order valence-corrected chi connectivity index (χ1v) is 9.29. The number of hydrogen-bond acceptors (Lipinski definition) is 5. The second-order valence-corrected chi connectivity index (χ2v) is 7.18. The molecule has 0 saturated carbocycles. The maximum absolute atomic E-state index is 10.4. The average Bonchev–Trinajstić information content (AvgIpc) is 2.93. The molecule has 0 spiro atoms. The molecule has 2 atom stereocenters. The zero-order valence-corrected chi connectivity index (χ0v) is 17.4. The average molecular weight is 406 g/mol. The molecule has 1 heterocycles. The second kappa shape index (κ2) is 10.6. The van der Waals surface area contributed by atoms with Gasteiger partial charge in [-0.1, -0.05) is 12.1 Å². The van der Waals surface area contributed by atoms with E-state index < -0.39 is 18.0 Å². The van der Waals surface area contributed by atoms with E-state index in [1.54, 1.807) is 24.3 Å². The number of nitrogens with zero attached hydrogens (tertiary/aromatic N) is 1. The molecule has 0 bridgehead atoms. The lowest BCUT2D eigenvalue weighted by Crippen LogP contribution is -2.31. The molecule has 0 aliphatic rings. The van der Waals surface area contributed by atoms with Crippen molar-refractivity contribution in [1.82, 2.24) is 9.88 Å². The van der Waals surface area contributed by atoms with Gasteiger partial charge in [0.1, 0.15) is 5.75 Å². The number of aliphatic hydroxyl groups excluding tert-OH is 1. The van der Waals surface area contributed by atoms with E-state index in [0.29, 0.717) is 6.04 Å². The van der Waals surface area contributed by atoms with Gasteiger partial charge in [-0.05, 0) is 63.9 Å². The number of rotatable bonds is 6. The summed E-state index contributed by atoms with van der Waals surface area (Å²) in [5.41, 5.74) is 4.61. The fourth-order valence-electron chi connectivity index (χ4n) is 3.16. The number of carbonyl (C=O) groups is 2. The van der Waals surface area contributed by atoms with Gasteiger partial charge < -0.3 is 30.3 Å². The van der Waals surface area contributed by atoms with E-state index in [1.807, 2.05) is 6.92 Å². The molecular weight excluding hydrogens is 376 g/mol. The minimum absolute atomic E-state index is 0.0818. The van der Waals surface area contributed by atoms with Crippen LogP contribution in [-0.4, -0.2) is 43.0 Å². The smallest absolute Gasteiger partial charge is 0.414 e. The quantitative estimate of drug-likeness (QED) is 0.466. The molecule has 1 aromatic heterocycles. The molecule has 2 aromatic rings. The Morgan fingerprint density at radius 3 is 1.97 bits per heavy atom. The number of aryl methyl sites for hydroxylation is 1. The number of aliphatic carboxylic acids is 2. The van der Waals surface area contributed by atoms with Crippen LogP contribution in [0.25, 0.3) is 0 Å². The van der Waals surface area contributed by atoms with E-state index in [1.165, 1.54) is 17.0 Å². The Balaban J connectivity index is 0.000000612. The molecule has 8 nitrogen and oxygen atoms in total. The lowest BCUT2D eigenvalue weighted by atomic mass is 10.0. The molecule has 29 heavy (non-hydrogen) atoms. The number of aromatic nitrogens is 1. The van der Waals surface area contributed by atoms with Gasteiger partial charge in [-0.3, -0.25) is 0 Å². The summed E-state index contributed by atoms with van der Waals surface area (Å²) in [5, 5.41) is 37.9. The van der Waals surface area contributed by atoms with Crippen molar-refractivity contribution in [3.8, 4) is 5.75 Å². The highest BCUT2D eigenvalue weighted by Gasteiger charge is 2.17. The minimum atomic E-state index is -1.82. The lowest BCUT2D eigenvalue weighted by molar-refractivity contribution is -0.159. The third-order valence-electron chi connectivity index (χ3n) is 4.61. The van der Waals surface area contributed by atoms with Crippen LogP contribution in [0.3, 0.4) is 0 Å². The summed E-state index contributed by atoms with van der Waals surface area (Å²) in [5.74, 6) is -3.44. The molecule has 0 aliphatic heterocycles. The zero-order valence-electron chi connectivity index (χ0n) is 17.4. The Morgan fingerprint density at radius 2 is 1.55 bits per heavy atom. The number of carboxylic acid groups (broad SMARTS) is 2. The van der Waals surface area contributed by atoms with Crippen molar-refractivity contribution >= 4 is 11.9 Å². The molecule has 5 N–H and O–H groups in total. The van der Waals surface area contributed by atoms with Crippen LogP contribution in [0.1, 0.15) is 55.4 Å². The van der Waals surface area contributed by atoms with Gasteiger partial charge in [-0.2, -0.15) is 0 Å². The van der Waals surface area contributed by atoms with Gasteiger partial charge in [0.25, 0.3) is 0 Å². The largest absolute Gasteiger partial charge is 0.508 e. The van der Waals surface area contributed by atoms with Crippen molar-refractivity contribution in [2.24, 2.45) is 0 Å². The first kappa shape index (κ1) is 24.2. The lowest BCUT2D eigenvalue weighted by Gasteiger charge is -2.21. The maximum Gasteiger partial charge on any atom is 0.414 e. The Bertz CT molecular complexity index is 814. The normalized spacial score (nSPS) is 12.8. The summed E-state index contributed by atoms with van der Waals surface area (Å²) in [4.78, 5) is 18.2. The van der Waals surface area contributed by atoms with Crippen LogP contribution < -0.4 is 5.32 Å². The molecule has 0 saturated heterocycles. The van der Waals surface area contributed by atoms with Gasteiger partial charge in [-0.25, -0.2) is 9.59 Å². The van der Waals surface area contributed by atoms with Gasteiger partial charge in [-0.15, -0.1) is 0 Å². The molecule has 8 heteroatoms. The molecule has 0 fully saturated rings. The summed E-state index contributed by atoms with van der Waals surface area (Å²) in [7, 11) is 0. The first-order valence-electron chi connectivity index (χ1n) is 9.29. The molecule has 1 aromatic carbocycles. The molecule has 2 unspecified atom stereocenters. The van der Waals surface area contributed by atoms with Crippen LogP contribution in [0.15, 0.2) is 30.3 Å². The predicted molar refractivity (Wildman–Crippen MR) is 109 cm³/mol. The molecule has 0 amide bonds. The van der Waals surface area contributed by atoms with E-state index in [0.717, 1.165) is 12.1 Å². The highest BCUT2D eigenvalue weighted by Crippen LogP contribution is 2.22. The van der Waals surface area contributed by atoms with Gasteiger partial charge in [0.15, 0.2) is 0 Å². The van der Waals surface area contributed by atoms with Crippen LogP contribution in [0.4, 0.5) is 0 Å². The number of phenols is 1. The van der Waals surface area contributed by atoms with Gasteiger partial charge in [0, 0.05) is 30.0 Å². The van der Waals surface area contributed by atoms with Crippen molar-refractivity contribution in [2.75, 3.05) is 0 Å². The zero-order chi connectivity index (χ0) is 22.3. The van der Waals surface area contributed by atoms with Crippen molar-refractivity contribution in [3.63, 3.8) is 0 Å². The summed E-state index contributed by atoms with van der Waals surface area (Å²) >= 11 is 0. The second-order valence-electron chi connectivity index (χ2n) is 7.18. The Hall–Kier alpha value is -2.84. The Labute approximate surface area is 170 Å². The van der Waals surface area contributed by atoms with Crippen molar-refractivity contribution in [1.29, 1.82) is 0 Å². The number of hydrogen-bond donors (Lipinski definition) is 5. The fourth-order valence-corrected chi connectivity index (χ4v) is 3.16. The third-order valence-corrected chi connectivity index (χ3v) is 4.61. The third kappa shape index (κ3) is 6.92. The SMILES string of the molecule is Cc1cc(CNC(C)C(O)c2ccc(O)cc2)c(C)n1C(C)C.O=C(O)C(=O)O. The fraction of sp³-hybridized carbons (Fsp3) is 0.429. The number of benzene rings is 1. The van der Waals surface area contributed by atoms with Crippen LogP contribution in [0.5, 0.6) is 5.75 Å². The monoisotopic (exact) mass is 406 g/mol. The van der Waals surface area contributed by atoms with Crippen molar-refractivity contribution in [2.45, 2.75) is 59.4 Å². The highest BCUT2D eigenvalue weighted by atomic mass is 16.4.